The van der Waals surface area contributed by atoms with Gasteiger partial charge in [0.05, 0.1) is 6.61 Å². The number of nitrogens with one attached hydrogen (secondary N) is 1. The Bertz CT molecular complexity index is 278. The van der Waals surface area contributed by atoms with E-state index in [0.717, 1.165) is 25.5 Å². The third kappa shape index (κ3) is 2.02. The van der Waals surface area contributed by atoms with Crippen LogP contribution in [-0.4, -0.2) is 42.4 Å². The number of hydrogen-bond acceptors (Lipinski definition) is 4. The summed E-state index contributed by atoms with van der Waals surface area (Å²) in [5.41, 5.74) is 0. The third-order valence-corrected chi connectivity index (χ3v) is 2.45. The van der Waals surface area contributed by atoms with E-state index in [1.807, 2.05) is 18.2 Å². The number of nitrogens with zero attached hydrogens (tertiary/aromatic N) is 2. The second-order valence-corrected chi connectivity index (χ2v) is 3.47. The van der Waals surface area contributed by atoms with Crippen molar-refractivity contribution in [3.05, 3.63) is 24.4 Å². The first-order chi connectivity index (χ1) is 6.90. The lowest BCUT2D eigenvalue weighted by Gasteiger charge is -2.33. The third-order valence-electron chi connectivity index (χ3n) is 2.45. The minimum Gasteiger partial charge on any atom is -0.395 e. The molecule has 76 valence electrons. The second-order valence-electron chi connectivity index (χ2n) is 3.47. The van der Waals surface area contributed by atoms with Crippen molar-refractivity contribution in [2.45, 2.75) is 6.04 Å². The van der Waals surface area contributed by atoms with E-state index in [2.05, 4.69) is 15.2 Å². The molecule has 0 bridgehead atoms. The van der Waals surface area contributed by atoms with Crippen LogP contribution in [0.1, 0.15) is 0 Å². The molecule has 1 fully saturated rings. The largest absolute Gasteiger partial charge is 0.395 e. The molecule has 0 aliphatic carbocycles. The molecule has 1 aliphatic rings. The summed E-state index contributed by atoms with van der Waals surface area (Å²) in [5.74, 6) is 0.993. The molecule has 2 rings (SSSR count). The fraction of sp³-hybridized carbons (Fsp3) is 0.500. The van der Waals surface area contributed by atoms with Crippen LogP contribution in [0.15, 0.2) is 24.4 Å². The Balaban J connectivity index is 2.04. The van der Waals surface area contributed by atoms with Gasteiger partial charge in [0.15, 0.2) is 0 Å². The molecule has 1 atom stereocenters. The van der Waals surface area contributed by atoms with Crippen molar-refractivity contribution in [3.63, 3.8) is 0 Å². The lowest BCUT2D eigenvalue weighted by atomic mass is 10.2. The molecule has 2 heterocycles. The maximum absolute atomic E-state index is 9.05. The van der Waals surface area contributed by atoms with Gasteiger partial charge in [-0.3, -0.25) is 0 Å². The van der Waals surface area contributed by atoms with Crippen molar-refractivity contribution in [1.82, 2.24) is 10.3 Å². The Labute approximate surface area is 83.6 Å². The average molecular weight is 193 g/mol. The van der Waals surface area contributed by atoms with Crippen LogP contribution in [0.4, 0.5) is 5.82 Å². The van der Waals surface area contributed by atoms with Gasteiger partial charge in [0.2, 0.25) is 0 Å². The molecule has 0 aromatic carbocycles. The van der Waals surface area contributed by atoms with Crippen LogP contribution < -0.4 is 10.2 Å². The number of aliphatic hydroxyl groups is 1. The summed E-state index contributed by atoms with van der Waals surface area (Å²) in [5, 5.41) is 12.3. The molecule has 1 saturated heterocycles. The van der Waals surface area contributed by atoms with Gasteiger partial charge < -0.3 is 15.3 Å². The number of anilines is 1. The van der Waals surface area contributed by atoms with Crippen LogP contribution in [0, 0.1) is 0 Å². The van der Waals surface area contributed by atoms with Gasteiger partial charge in [-0.2, -0.15) is 0 Å². The summed E-state index contributed by atoms with van der Waals surface area (Å²) in [7, 11) is 0. The Kier molecular flexibility index (Phi) is 2.96. The predicted molar refractivity (Wildman–Crippen MR) is 55.3 cm³/mol. The summed E-state index contributed by atoms with van der Waals surface area (Å²) in [6.45, 7) is 2.87. The van der Waals surface area contributed by atoms with Gasteiger partial charge in [-0.1, -0.05) is 6.07 Å². The fourth-order valence-electron chi connectivity index (χ4n) is 1.70. The summed E-state index contributed by atoms with van der Waals surface area (Å²) in [4.78, 5) is 6.48. The monoisotopic (exact) mass is 193 g/mol. The molecule has 1 aliphatic heterocycles. The van der Waals surface area contributed by atoms with Crippen LogP contribution in [0.2, 0.25) is 0 Å². The highest BCUT2D eigenvalue weighted by atomic mass is 16.3. The topological polar surface area (TPSA) is 48.4 Å². The van der Waals surface area contributed by atoms with Crippen LogP contribution in [0.25, 0.3) is 0 Å². The quantitative estimate of drug-likeness (QED) is 0.686. The normalized spacial score (nSPS) is 22.4. The van der Waals surface area contributed by atoms with Gasteiger partial charge in [-0.05, 0) is 12.1 Å². The van der Waals surface area contributed by atoms with Crippen LogP contribution in [-0.2, 0) is 0 Å². The van der Waals surface area contributed by atoms with E-state index in [0.29, 0.717) is 0 Å². The molecule has 14 heavy (non-hydrogen) atoms. The SMILES string of the molecule is OC[C@@H]1CN(c2ccccn2)CCN1. The first-order valence-corrected chi connectivity index (χ1v) is 4.90. The Morgan fingerprint density at radius 3 is 3.21 bits per heavy atom. The smallest absolute Gasteiger partial charge is 0.128 e. The zero-order chi connectivity index (χ0) is 9.80. The molecule has 2 N–H and O–H groups in total. The molecule has 0 spiro atoms. The van der Waals surface area contributed by atoms with E-state index in [1.54, 1.807) is 6.20 Å². The van der Waals surface area contributed by atoms with Crippen LogP contribution in [0.3, 0.4) is 0 Å². The minimum absolute atomic E-state index is 0.172. The zero-order valence-electron chi connectivity index (χ0n) is 8.06. The summed E-state index contributed by atoms with van der Waals surface area (Å²) in [6, 6.07) is 6.07. The number of piperazine rings is 1. The minimum atomic E-state index is 0.172. The van der Waals surface area contributed by atoms with Crippen molar-refractivity contribution < 1.29 is 5.11 Å². The zero-order valence-corrected chi connectivity index (χ0v) is 8.06. The molecular weight excluding hydrogens is 178 g/mol. The lowest BCUT2D eigenvalue weighted by molar-refractivity contribution is 0.235. The van der Waals surface area contributed by atoms with Crippen LogP contribution in [0.5, 0.6) is 0 Å². The van der Waals surface area contributed by atoms with Crippen LogP contribution >= 0.6 is 0 Å². The molecule has 1 aromatic rings. The first-order valence-electron chi connectivity index (χ1n) is 4.90. The van der Waals surface area contributed by atoms with E-state index in [-0.39, 0.29) is 12.6 Å². The second kappa shape index (κ2) is 4.39. The van der Waals surface area contributed by atoms with Crippen molar-refractivity contribution in [2.75, 3.05) is 31.1 Å². The Morgan fingerprint density at radius 1 is 1.57 bits per heavy atom. The van der Waals surface area contributed by atoms with E-state index in [9.17, 15) is 0 Å². The van der Waals surface area contributed by atoms with Crippen molar-refractivity contribution in [2.24, 2.45) is 0 Å². The molecule has 4 nitrogen and oxygen atoms in total. The summed E-state index contributed by atoms with van der Waals surface area (Å²) < 4.78 is 0. The number of aliphatic hydroxyl groups excluding tert-OH is 1. The van der Waals surface area contributed by atoms with Gasteiger partial charge in [0.25, 0.3) is 0 Å². The van der Waals surface area contributed by atoms with Crippen molar-refractivity contribution in [3.8, 4) is 0 Å². The van der Waals surface area contributed by atoms with E-state index < -0.39 is 0 Å². The number of rotatable bonds is 2. The van der Waals surface area contributed by atoms with Crippen molar-refractivity contribution >= 4 is 5.82 Å². The standard InChI is InChI=1S/C10H15N3O/c14-8-9-7-13(6-5-11-9)10-3-1-2-4-12-10/h1-4,9,11,14H,5-8H2/t9-/m0/s1. The molecular formula is C10H15N3O. The van der Waals surface area contributed by atoms with Gasteiger partial charge in [0.1, 0.15) is 5.82 Å². The highest BCUT2D eigenvalue weighted by molar-refractivity contribution is 5.38. The van der Waals surface area contributed by atoms with E-state index in [1.165, 1.54) is 0 Å². The van der Waals surface area contributed by atoms with Gasteiger partial charge in [-0.25, -0.2) is 4.98 Å². The predicted octanol–water partition coefficient (Wildman–Crippen LogP) is -0.148. The molecule has 0 amide bonds. The number of pyridine rings is 1. The fourth-order valence-corrected chi connectivity index (χ4v) is 1.70. The lowest BCUT2D eigenvalue weighted by Crippen LogP contribution is -2.52. The molecule has 4 heteroatoms. The maximum atomic E-state index is 9.05. The number of hydrogen-bond donors (Lipinski definition) is 2. The molecule has 0 unspecified atom stereocenters. The Morgan fingerprint density at radius 2 is 2.50 bits per heavy atom. The van der Waals surface area contributed by atoms with E-state index >= 15 is 0 Å². The van der Waals surface area contributed by atoms with Gasteiger partial charge in [-0.15, -0.1) is 0 Å². The Hall–Kier alpha value is -1.13. The molecule has 0 saturated carbocycles. The molecule has 1 aromatic heterocycles. The van der Waals surface area contributed by atoms with Gasteiger partial charge >= 0.3 is 0 Å². The number of aromatic nitrogens is 1. The summed E-state index contributed by atoms with van der Waals surface area (Å²) in [6.07, 6.45) is 1.80. The van der Waals surface area contributed by atoms with Gasteiger partial charge in [0, 0.05) is 31.9 Å². The highest BCUT2D eigenvalue weighted by Gasteiger charge is 2.18. The average Bonchev–Trinajstić information content (AvgIpc) is 2.30. The summed E-state index contributed by atoms with van der Waals surface area (Å²) >= 11 is 0. The molecule has 0 radical (unpaired) electrons. The maximum Gasteiger partial charge on any atom is 0.128 e. The highest BCUT2D eigenvalue weighted by Crippen LogP contribution is 2.11. The van der Waals surface area contributed by atoms with E-state index in [4.69, 9.17) is 5.11 Å². The van der Waals surface area contributed by atoms with Crippen molar-refractivity contribution in [1.29, 1.82) is 0 Å². The first kappa shape index (κ1) is 9.43.